The van der Waals surface area contributed by atoms with E-state index in [0.717, 1.165) is 109 Å². The Kier molecular flexibility index (Phi) is 65.9. The summed E-state index contributed by atoms with van der Waals surface area (Å²) in [6, 6.07) is 0. The maximum absolute atomic E-state index is 13.1. The molecule has 0 bridgehead atoms. The summed E-state index contributed by atoms with van der Waals surface area (Å²) in [5.74, 6) is -1.36. The molecule has 0 saturated carbocycles. The van der Waals surface area contributed by atoms with Crippen LogP contribution in [-0.4, -0.2) is 96.7 Å². The fourth-order valence-electron chi connectivity index (χ4n) is 11.4. The average Bonchev–Trinajstić information content (AvgIpc) is 3.29. The number of phosphoric ester groups is 2. The van der Waals surface area contributed by atoms with Crippen LogP contribution in [0.3, 0.4) is 0 Å². The lowest BCUT2D eigenvalue weighted by Crippen LogP contribution is -2.30. The highest BCUT2D eigenvalue weighted by Gasteiger charge is 2.30. The van der Waals surface area contributed by atoms with E-state index in [-0.39, 0.29) is 25.7 Å². The number of aliphatic hydroxyl groups excluding tert-OH is 1. The van der Waals surface area contributed by atoms with Crippen molar-refractivity contribution in [3.8, 4) is 0 Å². The number of unbranched alkanes of at least 4 members (excludes halogenated alkanes) is 46. The molecular weight excluding hydrogens is 1220 g/mol. The van der Waals surface area contributed by atoms with Gasteiger partial charge in [-0.25, -0.2) is 9.13 Å². The minimum absolute atomic E-state index is 0.107. The SMILES string of the molecule is CCCCCCCCCCCCCCCCCCCCCCCC(=O)O[C@H](COC(=O)CCCCCCCCCCCCC(C)C)COP(=O)(O)OC[C@@H](O)COP(=O)(O)OC[C@@H](COC(=O)CCCCCCCCC)OC(=O)CCCCCCCCCCCCCC. The van der Waals surface area contributed by atoms with E-state index in [9.17, 15) is 43.2 Å². The lowest BCUT2D eigenvalue weighted by Gasteiger charge is -2.21. The molecule has 0 amide bonds. The lowest BCUT2D eigenvalue weighted by atomic mass is 10.0. The van der Waals surface area contributed by atoms with Gasteiger partial charge in [-0.2, -0.15) is 0 Å². The van der Waals surface area contributed by atoms with Crippen LogP contribution >= 0.6 is 15.6 Å². The number of ether oxygens (including phenoxy) is 4. The van der Waals surface area contributed by atoms with Gasteiger partial charge in [-0.3, -0.25) is 37.3 Å². The van der Waals surface area contributed by atoms with Crippen molar-refractivity contribution >= 4 is 39.5 Å². The molecule has 552 valence electrons. The number of carbonyl (C=O) groups excluding carboxylic acids is 4. The number of hydrogen-bond acceptors (Lipinski definition) is 15. The van der Waals surface area contributed by atoms with E-state index in [1.54, 1.807) is 0 Å². The fraction of sp³-hybridized carbons (Fsp3) is 0.946. The molecule has 0 spiro atoms. The van der Waals surface area contributed by atoms with Crippen LogP contribution in [0.4, 0.5) is 0 Å². The number of rotatable bonds is 74. The number of hydrogen-bond donors (Lipinski definition) is 3. The van der Waals surface area contributed by atoms with Crippen LogP contribution in [0, 0.1) is 5.92 Å². The third kappa shape index (κ3) is 68.4. The van der Waals surface area contributed by atoms with Crippen molar-refractivity contribution in [2.75, 3.05) is 39.6 Å². The summed E-state index contributed by atoms with van der Waals surface area (Å²) < 4.78 is 68.3. The molecule has 0 aliphatic rings. The molecule has 0 saturated heterocycles. The van der Waals surface area contributed by atoms with Crippen molar-refractivity contribution in [1.82, 2.24) is 0 Å². The zero-order valence-electron chi connectivity index (χ0n) is 60.4. The summed E-state index contributed by atoms with van der Waals surface area (Å²) in [6.45, 7) is 7.23. The zero-order chi connectivity index (χ0) is 68.4. The molecule has 0 aliphatic carbocycles. The number of esters is 4. The first-order valence-electron chi connectivity index (χ1n) is 38.6. The third-order valence-corrected chi connectivity index (χ3v) is 19.2. The monoisotopic (exact) mass is 1370 g/mol. The summed E-state index contributed by atoms with van der Waals surface area (Å²) in [6.07, 6.45) is 55.7. The molecule has 93 heavy (non-hydrogen) atoms. The van der Waals surface area contributed by atoms with Gasteiger partial charge in [-0.05, 0) is 31.6 Å². The lowest BCUT2D eigenvalue weighted by molar-refractivity contribution is -0.161. The predicted octanol–water partition coefficient (Wildman–Crippen LogP) is 21.7. The highest BCUT2D eigenvalue weighted by atomic mass is 31.2. The Balaban J connectivity index is 5.15. The Labute approximate surface area is 568 Å². The summed E-state index contributed by atoms with van der Waals surface area (Å²) in [5, 5.41) is 10.6. The van der Waals surface area contributed by atoms with Gasteiger partial charge < -0.3 is 33.8 Å². The van der Waals surface area contributed by atoms with Crippen LogP contribution in [0.15, 0.2) is 0 Å². The number of carbonyl (C=O) groups is 4. The average molecular weight is 1370 g/mol. The van der Waals surface area contributed by atoms with Crippen molar-refractivity contribution < 1.29 is 80.2 Å². The molecular formula is C74H144O17P2. The number of aliphatic hydroxyl groups is 1. The van der Waals surface area contributed by atoms with E-state index in [4.69, 9.17) is 37.0 Å². The van der Waals surface area contributed by atoms with Gasteiger partial charge in [0.05, 0.1) is 26.4 Å². The van der Waals surface area contributed by atoms with Gasteiger partial charge in [0.15, 0.2) is 12.2 Å². The second-order valence-corrected chi connectivity index (χ2v) is 30.1. The third-order valence-electron chi connectivity index (χ3n) is 17.3. The van der Waals surface area contributed by atoms with Crippen molar-refractivity contribution in [2.45, 2.75) is 406 Å². The van der Waals surface area contributed by atoms with E-state index in [2.05, 4.69) is 34.6 Å². The molecule has 5 atom stereocenters. The van der Waals surface area contributed by atoms with Crippen molar-refractivity contribution in [3.05, 3.63) is 0 Å². The van der Waals surface area contributed by atoms with Crippen LogP contribution in [0.1, 0.15) is 388 Å². The molecule has 0 radical (unpaired) electrons. The Morgan fingerprint density at radius 2 is 0.495 bits per heavy atom. The molecule has 0 aromatic heterocycles. The Morgan fingerprint density at radius 1 is 0.290 bits per heavy atom. The molecule has 2 unspecified atom stereocenters. The molecule has 0 rings (SSSR count). The highest BCUT2D eigenvalue weighted by Crippen LogP contribution is 2.45. The van der Waals surface area contributed by atoms with Gasteiger partial charge >= 0.3 is 39.5 Å². The Morgan fingerprint density at radius 3 is 0.731 bits per heavy atom. The zero-order valence-corrected chi connectivity index (χ0v) is 62.2. The Hall–Kier alpha value is -1.94. The molecule has 0 heterocycles. The Bertz CT molecular complexity index is 1790. The first-order chi connectivity index (χ1) is 45.0. The minimum Gasteiger partial charge on any atom is -0.462 e. The smallest absolute Gasteiger partial charge is 0.462 e. The normalized spacial score (nSPS) is 14.0. The van der Waals surface area contributed by atoms with Crippen LogP contribution < -0.4 is 0 Å². The summed E-state index contributed by atoms with van der Waals surface area (Å²) in [4.78, 5) is 72.5. The topological polar surface area (TPSA) is 237 Å². The minimum atomic E-state index is -4.95. The highest BCUT2D eigenvalue weighted by molar-refractivity contribution is 7.47. The van der Waals surface area contributed by atoms with E-state index >= 15 is 0 Å². The van der Waals surface area contributed by atoms with E-state index < -0.39 is 97.5 Å². The molecule has 17 nitrogen and oxygen atoms in total. The van der Waals surface area contributed by atoms with E-state index in [0.29, 0.717) is 25.7 Å². The van der Waals surface area contributed by atoms with Gasteiger partial charge in [-0.15, -0.1) is 0 Å². The van der Waals surface area contributed by atoms with Gasteiger partial charge in [0.2, 0.25) is 0 Å². The van der Waals surface area contributed by atoms with Gasteiger partial charge in [0.25, 0.3) is 0 Å². The van der Waals surface area contributed by atoms with E-state index in [1.807, 2.05) is 0 Å². The van der Waals surface area contributed by atoms with Crippen molar-refractivity contribution in [2.24, 2.45) is 5.92 Å². The summed E-state index contributed by atoms with van der Waals surface area (Å²) in [7, 11) is -9.90. The predicted molar refractivity (Wildman–Crippen MR) is 377 cm³/mol. The first kappa shape index (κ1) is 91.1. The fourth-order valence-corrected chi connectivity index (χ4v) is 12.9. The van der Waals surface area contributed by atoms with Gasteiger partial charge in [0.1, 0.15) is 19.3 Å². The quantitative estimate of drug-likeness (QED) is 0.0222. The molecule has 0 fully saturated rings. The number of phosphoric acid groups is 2. The maximum atomic E-state index is 13.1. The summed E-state index contributed by atoms with van der Waals surface area (Å²) >= 11 is 0. The van der Waals surface area contributed by atoms with Crippen LogP contribution in [0.2, 0.25) is 0 Å². The second-order valence-electron chi connectivity index (χ2n) is 27.2. The van der Waals surface area contributed by atoms with Crippen molar-refractivity contribution in [3.63, 3.8) is 0 Å². The van der Waals surface area contributed by atoms with Gasteiger partial charge in [-0.1, -0.05) is 336 Å². The van der Waals surface area contributed by atoms with Crippen molar-refractivity contribution in [1.29, 1.82) is 0 Å². The molecule has 0 aliphatic heterocycles. The molecule has 19 heteroatoms. The maximum Gasteiger partial charge on any atom is 0.472 e. The molecule has 3 N–H and O–H groups in total. The van der Waals surface area contributed by atoms with Crippen LogP contribution in [-0.2, 0) is 65.4 Å². The van der Waals surface area contributed by atoms with E-state index in [1.165, 1.54) is 199 Å². The van der Waals surface area contributed by atoms with Crippen LogP contribution in [0.25, 0.3) is 0 Å². The molecule has 0 aromatic rings. The second kappa shape index (κ2) is 67.3. The molecule has 0 aromatic carbocycles. The van der Waals surface area contributed by atoms with Gasteiger partial charge in [0, 0.05) is 25.7 Å². The summed E-state index contributed by atoms with van der Waals surface area (Å²) in [5.41, 5.74) is 0. The standard InChI is InChI=1S/C74H144O17P2/c1-6-9-12-15-18-20-22-24-25-26-27-28-29-30-31-32-34-40-45-50-55-60-74(79)91-70(64-85-72(77)58-53-48-43-38-36-35-37-42-46-51-56-67(4)5)66-89-93(82,83)87-62-68(75)61-86-92(80,81)88-65-69(63-84-71(76)57-52-47-41-17-14-11-8-3)90-73(78)59-54-49-44-39-33-23-21-19-16-13-10-7-2/h67-70,75H,6-66H2,1-5H3,(H,80,81)(H,82,83)/t68-,69+,70+/m0/s1. The largest absolute Gasteiger partial charge is 0.472 e. The van der Waals surface area contributed by atoms with Crippen LogP contribution in [0.5, 0.6) is 0 Å². The first-order valence-corrected chi connectivity index (χ1v) is 41.6.